The van der Waals surface area contributed by atoms with E-state index in [4.69, 9.17) is 20.5 Å². The van der Waals surface area contributed by atoms with Crippen molar-refractivity contribution in [2.75, 3.05) is 45.0 Å². The fourth-order valence-electron chi connectivity index (χ4n) is 5.94. The number of nitriles is 1. The molecule has 2 amide bonds. The van der Waals surface area contributed by atoms with E-state index in [9.17, 15) is 27.6 Å². The minimum Gasteiger partial charge on any atom is -0.477 e. The summed E-state index contributed by atoms with van der Waals surface area (Å²) in [4.78, 5) is 38.9. The summed E-state index contributed by atoms with van der Waals surface area (Å²) in [6.07, 6.45) is -1.75. The average Bonchev–Trinajstić information content (AvgIpc) is 3.43. The molecule has 0 saturated heterocycles. The van der Waals surface area contributed by atoms with E-state index in [0.717, 1.165) is 43.2 Å². The molecular formula is C36H41F3N6O5S. The fraction of sp³-hybridized carbons (Fsp3) is 0.444. The summed E-state index contributed by atoms with van der Waals surface area (Å²) in [7, 11) is 5.30. The van der Waals surface area contributed by atoms with Crippen molar-refractivity contribution in [1.29, 1.82) is 5.26 Å². The number of anilines is 2. The lowest BCUT2D eigenvalue weighted by atomic mass is 9.90. The molecule has 1 atom stereocenters. The number of hydrogen-bond donors (Lipinski definition) is 4. The summed E-state index contributed by atoms with van der Waals surface area (Å²) in [6, 6.07) is 11.2. The van der Waals surface area contributed by atoms with Gasteiger partial charge in [-0.2, -0.15) is 18.4 Å². The van der Waals surface area contributed by atoms with Gasteiger partial charge in [-0.05, 0) is 81.4 Å². The number of carbonyl (C=O) groups is 3. The Balaban J connectivity index is 1.53. The van der Waals surface area contributed by atoms with Crippen molar-refractivity contribution in [3.8, 4) is 23.7 Å². The van der Waals surface area contributed by atoms with Crippen LogP contribution in [0.4, 0.5) is 24.5 Å². The molecular weight excluding hydrogens is 685 g/mol. The number of ether oxygens (including phenoxy) is 2. The molecule has 1 heterocycles. The van der Waals surface area contributed by atoms with Gasteiger partial charge in [0.25, 0.3) is 5.91 Å². The fourth-order valence-corrected chi connectivity index (χ4v) is 7.11. The highest BCUT2D eigenvalue weighted by atomic mass is 32.1. The summed E-state index contributed by atoms with van der Waals surface area (Å²) in [5.74, 6) is 3.90. The number of methoxy groups -OCH3 is 1. The predicted octanol–water partition coefficient (Wildman–Crippen LogP) is 5.19. The van der Waals surface area contributed by atoms with Gasteiger partial charge in [0.2, 0.25) is 5.91 Å². The Kier molecular flexibility index (Phi) is 13.5. The maximum absolute atomic E-state index is 13.8. The lowest BCUT2D eigenvalue weighted by Crippen LogP contribution is -2.42. The molecule has 0 spiro atoms. The Labute approximate surface area is 298 Å². The number of alkyl halides is 3. The molecule has 0 aliphatic heterocycles. The molecule has 272 valence electrons. The maximum atomic E-state index is 13.8. The van der Waals surface area contributed by atoms with Crippen LogP contribution in [-0.2, 0) is 20.7 Å². The second kappa shape index (κ2) is 17.8. The second-order valence-electron chi connectivity index (χ2n) is 12.4. The molecule has 1 unspecified atom stereocenters. The van der Waals surface area contributed by atoms with E-state index in [2.05, 4.69) is 46.8 Å². The van der Waals surface area contributed by atoms with Gasteiger partial charge >= 0.3 is 12.1 Å². The monoisotopic (exact) mass is 726 g/mol. The van der Waals surface area contributed by atoms with Crippen molar-refractivity contribution in [3.05, 3.63) is 52.4 Å². The molecule has 11 nitrogen and oxygen atoms in total. The molecule has 0 radical (unpaired) electrons. The maximum Gasteiger partial charge on any atom is 0.393 e. The van der Waals surface area contributed by atoms with E-state index >= 15 is 0 Å². The molecule has 15 heteroatoms. The lowest BCUT2D eigenvalue weighted by Gasteiger charge is -2.33. The van der Waals surface area contributed by atoms with Crippen LogP contribution in [0.25, 0.3) is 10.1 Å². The van der Waals surface area contributed by atoms with Crippen molar-refractivity contribution < 1.29 is 37.0 Å². The van der Waals surface area contributed by atoms with Gasteiger partial charge < -0.3 is 36.1 Å². The molecule has 3 aromatic rings. The number of primary amides is 1. The first-order chi connectivity index (χ1) is 24.3. The number of fused-ring (bicyclic) bond motifs is 1. The Morgan fingerprint density at radius 2 is 1.86 bits per heavy atom. The van der Waals surface area contributed by atoms with Gasteiger partial charge in [0.05, 0.1) is 41.0 Å². The number of nitrogens with two attached hydrogens (primary N) is 1. The van der Waals surface area contributed by atoms with Gasteiger partial charge in [-0.1, -0.05) is 24.0 Å². The Hall–Kier alpha value is -4.99. The van der Waals surface area contributed by atoms with E-state index in [1.165, 1.54) is 29.5 Å². The van der Waals surface area contributed by atoms with Crippen LogP contribution >= 0.6 is 11.3 Å². The number of rotatable bonds is 14. The molecule has 1 aliphatic carbocycles. The number of thiophene rings is 1. The van der Waals surface area contributed by atoms with Crippen LogP contribution in [0.5, 0.6) is 5.75 Å². The minimum absolute atomic E-state index is 0.00587. The molecule has 0 bridgehead atoms. The van der Waals surface area contributed by atoms with Crippen LogP contribution in [0.2, 0.25) is 0 Å². The van der Waals surface area contributed by atoms with Crippen molar-refractivity contribution in [2.45, 2.75) is 69.2 Å². The first-order valence-electron chi connectivity index (χ1n) is 16.4. The van der Waals surface area contributed by atoms with Crippen molar-refractivity contribution in [1.82, 2.24) is 10.2 Å². The van der Waals surface area contributed by atoms with Gasteiger partial charge in [0, 0.05) is 24.1 Å². The summed E-state index contributed by atoms with van der Waals surface area (Å²) in [5.41, 5.74) is 6.57. The molecule has 1 aromatic heterocycles. The topological polar surface area (TPSA) is 159 Å². The SMILES string of the molecule is COC(=O)C(CCC(N)=O)NC(=O)c1ccc(NCC#Cc2sc3c(NC4CCC(N(C)C)CC4)cccc3c2CC(F)(F)F)c(OCC#N)c1. The number of nitrogens with one attached hydrogen (secondary N) is 3. The van der Waals surface area contributed by atoms with E-state index < -0.39 is 36.4 Å². The number of nitrogens with zero attached hydrogens (tertiary/aromatic N) is 2. The highest BCUT2D eigenvalue weighted by Gasteiger charge is 2.31. The lowest BCUT2D eigenvalue weighted by molar-refractivity contribution is -0.143. The highest BCUT2D eigenvalue weighted by Crippen LogP contribution is 2.40. The van der Waals surface area contributed by atoms with Crippen LogP contribution in [0.15, 0.2) is 36.4 Å². The molecule has 51 heavy (non-hydrogen) atoms. The molecule has 2 aromatic carbocycles. The normalized spacial score (nSPS) is 16.4. The van der Waals surface area contributed by atoms with E-state index in [0.29, 0.717) is 22.0 Å². The summed E-state index contributed by atoms with van der Waals surface area (Å²) in [5, 5.41) is 18.7. The number of carbonyl (C=O) groups excluding carboxylic acids is 3. The van der Waals surface area contributed by atoms with Gasteiger partial charge in [0.1, 0.15) is 17.9 Å². The van der Waals surface area contributed by atoms with E-state index in [1.54, 1.807) is 12.1 Å². The molecule has 5 N–H and O–H groups in total. The van der Waals surface area contributed by atoms with E-state index in [1.807, 2.05) is 12.1 Å². The van der Waals surface area contributed by atoms with Crippen LogP contribution in [-0.4, -0.2) is 81.3 Å². The third kappa shape index (κ3) is 11.0. The van der Waals surface area contributed by atoms with Crippen molar-refractivity contribution in [2.24, 2.45) is 5.73 Å². The average molecular weight is 727 g/mol. The predicted molar refractivity (Wildman–Crippen MR) is 190 cm³/mol. The first kappa shape index (κ1) is 38.8. The number of amides is 2. The van der Waals surface area contributed by atoms with Crippen LogP contribution in [0.1, 0.15) is 59.3 Å². The molecule has 4 rings (SSSR count). The first-order valence-corrected chi connectivity index (χ1v) is 17.2. The van der Waals surface area contributed by atoms with Crippen molar-refractivity contribution >= 4 is 50.6 Å². The third-order valence-corrected chi connectivity index (χ3v) is 9.75. The van der Waals surface area contributed by atoms with Crippen LogP contribution in [0, 0.1) is 23.2 Å². The zero-order valence-electron chi connectivity index (χ0n) is 28.6. The number of hydrogen-bond acceptors (Lipinski definition) is 10. The smallest absolute Gasteiger partial charge is 0.393 e. The van der Waals surface area contributed by atoms with Crippen molar-refractivity contribution in [3.63, 3.8) is 0 Å². The quantitative estimate of drug-likeness (QED) is 0.130. The van der Waals surface area contributed by atoms with Crippen LogP contribution < -0.4 is 26.4 Å². The van der Waals surface area contributed by atoms with E-state index in [-0.39, 0.29) is 48.9 Å². The molecule has 1 fully saturated rings. The standard InChI is InChI=1S/C36H41F3N6O5S/c1-45(2)24-12-10-23(11-13-24)43-28-7-4-6-25-26(21-36(37,38)39)31(51-33(25)28)8-5-18-42-27-14-9-22(20-30(27)50-19-17-40)34(47)44-29(35(48)49-3)15-16-32(41)46/h4,6-7,9,14,20,23-24,29,42-43H,10-13,15-16,18-19,21H2,1-3H3,(H2,41,46)(H,44,47). The van der Waals surface area contributed by atoms with Crippen LogP contribution in [0.3, 0.4) is 0 Å². The summed E-state index contributed by atoms with van der Waals surface area (Å²) >= 11 is 1.23. The number of benzene rings is 2. The molecule has 1 aliphatic rings. The third-order valence-electron chi connectivity index (χ3n) is 8.56. The number of esters is 1. The summed E-state index contributed by atoms with van der Waals surface area (Å²) in [6.45, 7) is -0.337. The van der Waals surface area contributed by atoms with Gasteiger partial charge in [-0.3, -0.25) is 9.59 Å². The van der Waals surface area contributed by atoms with Gasteiger partial charge in [0.15, 0.2) is 6.61 Å². The highest BCUT2D eigenvalue weighted by molar-refractivity contribution is 7.20. The Bertz CT molecular complexity index is 1820. The summed E-state index contributed by atoms with van der Waals surface area (Å²) < 4.78 is 52.2. The minimum atomic E-state index is -4.43. The Morgan fingerprint density at radius 3 is 2.51 bits per heavy atom. The Morgan fingerprint density at radius 1 is 1.12 bits per heavy atom. The zero-order valence-corrected chi connectivity index (χ0v) is 29.4. The largest absolute Gasteiger partial charge is 0.477 e. The zero-order chi connectivity index (χ0) is 37.1. The second-order valence-corrected chi connectivity index (χ2v) is 13.4. The van der Waals surface area contributed by atoms with Gasteiger partial charge in [-0.15, -0.1) is 11.3 Å². The molecule has 1 saturated carbocycles. The van der Waals surface area contributed by atoms with Gasteiger partial charge in [-0.25, -0.2) is 4.79 Å². The number of halogens is 3.